The van der Waals surface area contributed by atoms with Gasteiger partial charge in [0.1, 0.15) is 6.04 Å². The smallest absolute Gasteiger partial charge is 0.320 e. The lowest BCUT2D eigenvalue weighted by Crippen LogP contribution is -2.32. The third-order valence-corrected chi connectivity index (χ3v) is 2.31. The summed E-state index contributed by atoms with van der Waals surface area (Å²) in [5.74, 6) is -1.05. The molecule has 1 heterocycles. The molecule has 0 fully saturated rings. The Labute approximate surface area is 89.5 Å². The summed E-state index contributed by atoms with van der Waals surface area (Å²) in [5.41, 5.74) is 6.94. The standard InChI is InChI=1S/C11H12N2O2/c12-9(11(14)15)5-7-6-13-10-4-2-1-3-8(7)10/h1-4,6,9,13H,5,12H2,(H,14,15)/t9-/m1/s1/i1D,2D. The van der Waals surface area contributed by atoms with Gasteiger partial charge in [0.2, 0.25) is 0 Å². The fourth-order valence-corrected chi connectivity index (χ4v) is 1.50. The topological polar surface area (TPSA) is 79.1 Å². The van der Waals surface area contributed by atoms with Gasteiger partial charge < -0.3 is 15.8 Å². The van der Waals surface area contributed by atoms with Crippen molar-refractivity contribution in [3.63, 3.8) is 0 Å². The van der Waals surface area contributed by atoms with E-state index in [1.807, 2.05) is 0 Å². The van der Waals surface area contributed by atoms with Gasteiger partial charge in [0.05, 0.1) is 2.74 Å². The number of para-hydroxylation sites is 1. The van der Waals surface area contributed by atoms with Gasteiger partial charge in [0.25, 0.3) is 0 Å². The first kappa shape index (κ1) is 7.48. The van der Waals surface area contributed by atoms with E-state index in [4.69, 9.17) is 13.6 Å². The van der Waals surface area contributed by atoms with E-state index in [1.165, 1.54) is 0 Å². The second-order valence-corrected chi connectivity index (χ2v) is 3.37. The summed E-state index contributed by atoms with van der Waals surface area (Å²) >= 11 is 0. The molecule has 0 amide bonds. The quantitative estimate of drug-likeness (QED) is 0.704. The minimum Gasteiger partial charge on any atom is -0.480 e. The molecule has 1 aromatic carbocycles. The number of nitrogens with one attached hydrogen (secondary N) is 1. The Morgan fingerprint density at radius 3 is 3.07 bits per heavy atom. The Bertz CT molecular complexity index is 580. The van der Waals surface area contributed by atoms with Crippen LogP contribution in [0.15, 0.2) is 30.4 Å². The van der Waals surface area contributed by atoms with Crippen molar-refractivity contribution in [2.45, 2.75) is 12.5 Å². The lowest BCUT2D eigenvalue weighted by atomic mass is 10.1. The molecule has 4 heteroatoms. The van der Waals surface area contributed by atoms with Crippen molar-refractivity contribution >= 4 is 16.9 Å². The van der Waals surface area contributed by atoms with E-state index in [0.717, 1.165) is 16.5 Å². The van der Waals surface area contributed by atoms with Crippen LogP contribution in [0.5, 0.6) is 0 Å². The van der Waals surface area contributed by atoms with Crippen LogP contribution in [0.25, 0.3) is 10.9 Å². The maximum absolute atomic E-state index is 10.7. The van der Waals surface area contributed by atoms with Gasteiger partial charge in [-0.1, -0.05) is 18.2 Å². The van der Waals surface area contributed by atoms with Crippen molar-refractivity contribution < 1.29 is 12.6 Å². The molecule has 0 bridgehead atoms. The normalized spacial score (nSPS) is 14.7. The molecule has 1 atom stereocenters. The van der Waals surface area contributed by atoms with Gasteiger partial charge in [-0.2, -0.15) is 0 Å². The molecule has 2 rings (SSSR count). The molecule has 0 aliphatic rings. The lowest BCUT2D eigenvalue weighted by Gasteiger charge is -2.04. The third kappa shape index (κ3) is 1.85. The fourth-order valence-electron chi connectivity index (χ4n) is 1.50. The number of rotatable bonds is 3. The Morgan fingerprint density at radius 2 is 2.33 bits per heavy atom. The number of H-pyrrole nitrogens is 1. The SMILES string of the molecule is [2H]c1cc2[nH]cc(C[C@@H](N)C(=O)O)c2cc1[2H]. The molecular weight excluding hydrogens is 192 g/mol. The summed E-state index contributed by atoms with van der Waals surface area (Å²) in [6.07, 6.45) is 1.87. The predicted molar refractivity (Wildman–Crippen MR) is 57.6 cm³/mol. The summed E-state index contributed by atoms with van der Waals surface area (Å²) in [6, 6.07) is 2.39. The van der Waals surface area contributed by atoms with Crippen LogP contribution in [0, 0.1) is 0 Å². The van der Waals surface area contributed by atoms with E-state index in [1.54, 1.807) is 18.3 Å². The summed E-state index contributed by atoms with van der Waals surface area (Å²) in [5, 5.41) is 9.50. The monoisotopic (exact) mass is 206 g/mol. The van der Waals surface area contributed by atoms with E-state index in [9.17, 15) is 4.79 Å². The minimum atomic E-state index is -1.05. The van der Waals surface area contributed by atoms with E-state index in [-0.39, 0.29) is 18.5 Å². The highest BCUT2D eigenvalue weighted by atomic mass is 16.4. The number of aliphatic carboxylic acids is 1. The van der Waals surface area contributed by atoms with Crippen molar-refractivity contribution in [2.75, 3.05) is 0 Å². The molecule has 0 spiro atoms. The predicted octanol–water partition coefficient (Wildman–Crippen LogP) is 1.12. The first-order chi connectivity index (χ1) is 7.99. The number of aromatic nitrogens is 1. The molecule has 0 aliphatic heterocycles. The van der Waals surface area contributed by atoms with Gasteiger partial charge in [0.15, 0.2) is 0 Å². The lowest BCUT2D eigenvalue weighted by molar-refractivity contribution is -0.138. The second-order valence-electron chi connectivity index (χ2n) is 3.37. The number of carboxylic acid groups (broad SMARTS) is 1. The number of benzene rings is 1. The van der Waals surface area contributed by atoms with Gasteiger partial charge in [-0.15, -0.1) is 0 Å². The van der Waals surface area contributed by atoms with Crippen LogP contribution in [0.2, 0.25) is 0 Å². The molecule has 1 aromatic heterocycles. The second kappa shape index (κ2) is 3.74. The molecule has 2 aromatic rings. The molecule has 4 N–H and O–H groups in total. The van der Waals surface area contributed by atoms with E-state index in [0.29, 0.717) is 0 Å². The number of aromatic amines is 1. The molecule has 0 aliphatic carbocycles. The van der Waals surface area contributed by atoms with Gasteiger partial charge in [-0.25, -0.2) is 0 Å². The molecule has 0 saturated heterocycles. The van der Waals surface area contributed by atoms with Gasteiger partial charge in [-0.3, -0.25) is 4.79 Å². The van der Waals surface area contributed by atoms with Crippen molar-refractivity contribution in [2.24, 2.45) is 5.73 Å². The summed E-state index contributed by atoms with van der Waals surface area (Å²) < 4.78 is 15.0. The molecule has 0 unspecified atom stereocenters. The summed E-state index contributed by atoms with van der Waals surface area (Å²) in [7, 11) is 0. The van der Waals surface area contributed by atoms with Crippen molar-refractivity contribution in [1.82, 2.24) is 4.98 Å². The highest BCUT2D eigenvalue weighted by Gasteiger charge is 2.14. The van der Waals surface area contributed by atoms with Crippen LogP contribution in [0.3, 0.4) is 0 Å². The first-order valence-corrected chi connectivity index (χ1v) is 4.54. The van der Waals surface area contributed by atoms with Gasteiger partial charge in [0, 0.05) is 23.5 Å². The van der Waals surface area contributed by atoms with Crippen LogP contribution < -0.4 is 5.73 Å². The Morgan fingerprint density at radius 1 is 1.60 bits per heavy atom. The number of fused-ring (bicyclic) bond motifs is 1. The number of hydrogen-bond acceptors (Lipinski definition) is 2. The third-order valence-electron chi connectivity index (χ3n) is 2.31. The average Bonchev–Trinajstić information content (AvgIpc) is 2.62. The van der Waals surface area contributed by atoms with Crippen LogP contribution in [-0.4, -0.2) is 22.1 Å². The van der Waals surface area contributed by atoms with Crippen LogP contribution in [-0.2, 0) is 11.2 Å². The Kier molecular flexibility index (Phi) is 1.87. The maximum Gasteiger partial charge on any atom is 0.320 e. The van der Waals surface area contributed by atoms with Crippen LogP contribution in [0.4, 0.5) is 0 Å². The number of carbonyl (C=O) groups is 1. The molecule has 0 saturated carbocycles. The molecule has 15 heavy (non-hydrogen) atoms. The van der Waals surface area contributed by atoms with Gasteiger partial charge >= 0.3 is 5.97 Å². The number of nitrogens with two attached hydrogens (primary N) is 1. The van der Waals surface area contributed by atoms with Crippen molar-refractivity contribution in [3.8, 4) is 0 Å². The fraction of sp³-hybridized carbons (Fsp3) is 0.182. The largest absolute Gasteiger partial charge is 0.480 e. The first-order valence-electron chi connectivity index (χ1n) is 5.54. The van der Waals surface area contributed by atoms with Crippen molar-refractivity contribution in [3.05, 3.63) is 36.0 Å². The molecular formula is C11H12N2O2. The summed E-state index contributed by atoms with van der Waals surface area (Å²) in [4.78, 5) is 13.6. The molecule has 0 radical (unpaired) electrons. The average molecular weight is 206 g/mol. The zero-order valence-corrected chi connectivity index (χ0v) is 7.95. The summed E-state index contributed by atoms with van der Waals surface area (Å²) in [6.45, 7) is 0. The highest BCUT2D eigenvalue weighted by Crippen LogP contribution is 2.18. The van der Waals surface area contributed by atoms with Crippen LogP contribution in [0.1, 0.15) is 8.30 Å². The van der Waals surface area contributed by atoms with E-state index in [2.05, 4.69) is 4.98 Å². The number of carboxylic acids is 1. The Hall–Kier alpha value is -1.81. The van der Waals surface area contributed by atoms with E-state index < -0.39 is 12.0 Å². The van der Waals surface area contributed by atoms with Crippen molar-refractivity contribution in [1.29, 1.82) is 0 Å². The minimum absolute atomic E-state index is 0.113. The Balaban J connectivity index is 2.42. The van der Waals surface area contributed by atoms with Crippen LogP contribution >= 0.6 is 0 Å². The zero-order valence-electron chi connectivity index (χ0n) is 9.95. The molecule has 4 nitrogen and oxygen atoms in total. The van der Waals surface area contributed by atoms with E-state index >= 15 is 0 Å². The number of hydrogen-bond donors (Lipinski definition) is 3. The maximum atomic E-state index is 10.7. The highest BCUT2D eigenvalue weighted by molar-refractivity contribution is 5.84. The van der Waals surface area contributed by atoms with Gasteiger partial charge in [-0.05, 0) is 11.6 Å². The zero-order chi connectivity index (χ0) is 12.6. The molecule has 78 valence electrons.